The highest BCUT2D eigenvalue weighted by molar-refractivity contribution is 5.76. The van der Waals surface area contributed by atoms with Crippen LogP contribution in [0.4, 0.5) is 0 Å². The number of allylic oxidation sites excluding steroid dienone is 1. The second kappa shape index (κ2) is 8.37. The molecule has 0 amide bonds. The van der Waals surface area contributed by atoms with Gasteiger partial charge in [-0.05, 0) is 49.5 Å². The summed E-state index contributed by atoms with van der Waals surface area (Å²) in [4.78, 5) is 14.4. The largest absolute Gasteiger partial charge is 0.461 e. The van der Waals surface area contributed by atoms with E-state index in [9.17, 15) is 9.90 Å². The monoisotopic (exact) mass is 424 g/mol. The van der Waals surface area contributed by atoms with Crippen LogP contribution in [0.3, 0.4) is 0 Å². The first kappa shape index (κ1) is 21.2. The molecule has 2 saturated heterocycles. The van der Waals surface area contributed by atoms with Crippen LogP contribution in [0.1, 0.15) is 51.5 Å². The van der Waals surface area contributed by atoms with Gasteiger partial charge in [0, 0.05) is 17.8 Å². The van der Waals surface area contributed by atoms with Crippen LogP contribution in [0, 0.1) is 29.1 Å². The molecule has 0 aromatic heterocycles. The Morgan fingerprint density at radius 3 is 2.65 bits per heavy atom. The highest BCUT2D eigenvalue weighted by Crippen LogP contribution is 2.55. The zero-order valence-electron chi connectivity index (χ0n) is 19.1. The lowest BCUT2D eigenvalue weighted by atomic mass is 9.55. The van der Waals surface area contributed by atoms with Gasteiger partial charge in [0.15, 0.2) is 0 Å². The summed E-state index contributed by atoms with van der Waals surface area (Å²) in [6.07, 6.45) is 8.29. The van der Waals surface area contributed by atoms with Crippen LogP contribution < -0.4 is 4.90 Å². The lowest BCUT2D eigenvalue weighted by Gasteiger charge is -2.51. The van der Waals surface area contributed by atoms with E-state index in [0.717, 1.165) is 51.2 Å². The maximum Gasteiger partial charge on any atom is 0.315 e. The van der Waals surface area contributed by atoms with Gasteiger partial charge in [0.1, 0.15) is 12.0 Å². The molecule has 0 spiro atoms. The van der Waals surface area contributed by atoms with E-state index in [2.05, 4.69) is 50.3 Å². The molecule has 1 aromatic carbocycles. The number of carbonyl (C=O) groups is 1. The number of benzene rings is 1. The highest BCUT2D eigenvalue weighted by Gasteiger charge is 2.60. The van der Waals surface area contributed by atoms with E-state index in [0.29, 0.717) is 5.92 Å². The fraction of sp³-hybridized carbons (Fsp3) is 0.667. The summed E-state index contributed by atoms with van der Waals surface area (Å²) in [5.74, 6) is 0.909. The van der Waals surface area contributed by atoms with Gasteiger partial charge in [-0.1, -0.05) is 55.8 Å². The van der Waals surface area contributed by atoms with Crippen LogP contribution in [0.25, 0.3) is 0 Å². The van der Waals surface area contributed by atoms with Crippen LogP contribution in [0.15, 0.2) is 42.0 Å². The zero-order valence-corrected chi connectivity index (χ0v) is 19.1. The maximum absolute atomic E-state index is 12.9. The summed E-state index contributed by atoms with van der Waals surface area (Å²) >= 11 is 0. The quantitative estimate of drug-likeness (QED) is 0.577. The first-order valence-corrected chi connectivity index (χ1v) is 12.4. The number of likely N-dealkylation sites (tertiary alicyclic amines) is 1. The lowest BCUT2D eigenvalue weighted by Crippen LogP contribution is -3.14. The third-order valence-electron chi connectivity index (χ3n) is 9.26. The second-order valence-corrected chi connectivity index (χ2v) is 10.9. The van der Waals surface area contributed by atoms with E-state index in [1.54, 1.807) is 0 Å². The van der Waals surface area contributed by atoms with Crippen molar-refractivity contribution < 1.29 is 19.5 Å². The number of quaternary nitrogens is 1. The van der Waals surface area contributed by atoms with Crippen LogP contribution in [0.5, 0.6) is 0 Å². The van der Waals surface area contributed by atoms with Crippen molar-refractivity contribution in [1.82, 2.24) is 0 Å². The minimum atomic E-state index is -0.487. The van der Waals surface area contributed by atoms with E-state index >= 15 is 0 Å². The van der Waals surface area contributed by atoms with Crippen molar-refractivity contribution in [2.75, 3.05) is 19.6 Å². The molecule has 0 unspecified atom stereocenters. The molecule has 2 aliphatic heterocycles. The number of aliphatic hydroxyl groups excluding tert-OH is 1. The van der Waals surface area contributed by atoms with Gasteiger partial charge in [-0.25, -0.2) is 0 Å². The van der Waals surface area contributed by atoms with Crippen LogP contribution in [0.2, 0.25) is 0 Å². The molecular formula is C27H38NO3+. The SMILES string of the molecule is C[C@@H]1CCC=C2C[C@H]3OC(=O)[C@H](C[NH+]4CCC(Cc5ccccc5)CC4)[C@H]3[C@@H](O)[C@@]21C. The molecule has 31 heavy (non-hydrogen) atoms. The summed E-state index contributed by atoms with van der Waals surface area (Å²) in [5.41, 5.74) is 2.55. The molecule has 4 heteroatoms. The number of rotatable bonds is 4. The summed E-state index contributed by atoms with van der Waals surface area (Å²) in [5, 5.41) is 11.5. The van der Waals surface area contributed by atoms with E-state index < -0.39 is 6.10 Å². The number of fused-ring (bicyclic) bond motifs is 2. The molecule has 1 aromatic rings. The minimum absolute atomic E-state index is 0.0512. The van der Waals surface area contributed by atoms with E-state index in [-0.39, 0.29) is 29.3 Å². The average molecular weight is 425 g/mol. The zero-order chi connectivity index (χ0) is 21.6. The molecule has 0 bridgehead atoms. The molecule has 1 saturated carbocycles. The van der Waals surface area contributed by atoms with Gasteiger partial charge in [-0.15, -0.1) is 0 Å². The van der Waals surface area contributed by atoms with E-state index in [1.165, 1.54) is 28.9 Å². The molecule has 168 valence electrons. The number of ether oxygens (including phenoxy) is 1. The first-order valence-electron chi connectivity index (χ1n) is 12.4. The number of esters is 1. The van der Waals surface area contributed by atoms with Crippen molar-refractivity contribution in [3.63, 3.8) is 0 Å². The van der Waals surface area contributed by atoms with Gasteiger partial charge < -0.3 is 14.7 Å². The third kappa shape index (κ3) is 3.76. The van der Waals surface area contributed by atoms with Crippen molar-refractivity contribution in [3.05, 3.63) is 47.5 Å². The molecule has 2 aliphatic carbocycles. The van der Waals surface area contributed by atoms with Gasteiger partial charge in [-0.2, -0.15) is 0 Å². The smallest absolute Gasteiger partial charge is 0.315 e. The Morgan fingerprint density at radius 1 is 1.16 bits per heavy atom. The fourth-order valence-corrected chi connectivity index (χ4v) is 7.05. The summed E-state index contributed by atoms with van der Waals surface area (Å²) in [6, 6.07) is 10.8. The normalized spacial score (nSPS) is 42.4. The molecular weight excluding hydrogens is 386 g/mol. The number of aliphatic hydroxyl groups is 1. The van der Waals surface area contributed by atoms with Crippen molar-refractivity contribution in [2.24, 2.45) is 29.1 Å². The van der Waals surface area contributed by atoms with E-state index in [1.807, 2.05) is 0 Å². The molecule has 4 nitrogen and oxygen atoms in total. The number of carbonyl (C=O) groups excluding carboxylic acids is 1. The number of hydrogen-bond donors (Lipinski definition) is 2. The van der Waals surface area contributed by atoms with Crippen LogP contribution >= 0.6 is 0 Å². The van der Waals surface area contributed by atoms with Crippen molar-refractivity contribution >= 4 is 5.97 Å². The maximum atomic E-state index is 12.9. The summed E-state index contributed by atoms with van der Waals surface area (Å²) in [7, 11) is 0. The predicted molar refractivity (Wildman–Crippen MR) is 121 cm³/mol. The Hall–Kier alpha value is -1.65. The van der Waals surface area contributed by atoms with Crippen molar-refractivity contribution in [3.8, 4) is 0 Å². The minimum Gasteiger partial charge on any atom is -0.461 e. The van der Waals surface area contributed by atoms with Gasteiger partial charge >= 0.3 is 5.97 Å². The Labute approximate surface area is 186 Å². The molecule has 0 radical (unpaired) electrons. The second-order valence-electron chi connectivity index (χ2n) is 10.9. The van der Waals surface area contributed by atoms with Gasteiger partial charge in [0.05, 0.1) is 25.7 Å². The van der Waals surface area contributed by atoms with Crippen LogP contribution in [-0.4, -0.2) is 42.9 Å². The molecule has 3 fully saturated rings. The Morgan fingerprint density at radius 2 is 1.90 bits per heavy atom. The Balaban J connectivity index is 1.24. The average Bonchev–Trinajstić information content (AvgIpc) is 3.07. The Bertz CT molecular complexity index is 828. The summed E-state index contributed by atoms with van der Waals surface area (Å²) < 4.78 is 5.87. The Kier molecular flexibility index (Phi) is 5.72. The number of nitrogens with one attached hydrogen (secondary N) is 1. The highest BCUT2D eigenvalue weighted by atomic mass is 16.6. The van der Waals surface area contributed by atoms with Crippen molar-refractivity contribution in [1.29, 1.82) is 0 Å². The molecule has 2 heterocycles. The first-order chi connectivity index (χ1) is 15.0. The van der Waals surface area contributed by atoms with Crippen molar-refractivity contribution in [2.45, 2.75) is 64.6 Å². The molecule has 6 atom stereocenters. The van der Waals surface area contributed by atoms with Gasteiger partial charge in [0.2, 0.25) is 0 Å². The van der Waals surface area contributed by atoms with Crippen LogP contribution in [-0.2, 0) is 16.0 Å². The molecule has 5 rings (SSSR count). The predicted octanol–water partition coefficient (Wildman–Crippen LogP) is 2.81. The van der Waals surface area contributed by atoms with E-state index in [4.69, 9.17) is 4.74 Å². The summed E-state index contributed by atoms with van der Waals surface area (Å²) in [6.45, 7) is 7.55. The number of piperidine rings is 1. The third-order valence-corrected chi connectivity index (χ3v) is 9.26. The van der Waals surface area contributed by atoms with Gasteiger partial charge in [0.25, 0.3) is 0 Å². The fourth-order valence-electron chi connectivity index (χ4n) is 7.05. The topological polar surface area (TPSA) is 51.0 Å². The lowest BCUT2D eigenvalue weighted by molar-refractivity contribution is -0.909. The standard InChI is InChI=1S/C27H37NO3/c1-18-7-6-10-21-16-23-24(25(29)27(18,21)2)22(26(30)31-23)17-28-13-11-20(12-14-28)15-19-8-4-3-5-9-19/h3-5,8-10,18,20,22-25,29H,6-7,11-17H2,1-2H3/p+1/t18-,22-,23-,24-,25-,27-/m1/s1. The number of hydrogen-bond acceptors (Lipinski definition) is 3. The van der Waals surface area contributed by atoms with Gasteiger partial charge in [-0.3, -0.25) is 4.79 Å². The molecule has 2 N–H and O–H groups in total. The molecule has 4 aliphatic rings.